The van der Waals surface area contributed by atoms with Gasteiger partial charge in [0.2, 0.25) is 0 Å². The summed E-state index contributed by atoms with van der Waals surface area (Å²) in [7, 11) is 0. The fraction of sp³-hybridized carbons (Fsp3) is 0.182. The normalized spacial score (nSPS) is 10.8. The fourth-order valence-corrected chi connectivity index (χ4v) is 1.48. The van der Waals surface area contributed by atoms with Crippen LogP contribution in [0.25, 0.3) is 10.9 Å². The molecule has 0 unspecified atom stereocenters. The minimum absolute atomic E-state index is 0.283. The second kappa shape index (κ2) is 2.94. The molecule has 1 aromatic carbocycles. The van der Waals surface area contributed by atoms with Gasteiger partial charge in [-0.1, -0.05) is 0 Å². The lowest BCUT2D eigenvalue weighted by atomic mass is 10.1. The summed E-state index contributed by atoms with van der Waals surface area (Å²) in [6, 6.07) is 4.46. The number of pyridine rings is 1. The van der Waals surface area contributed by atoms with Crippen molar-refractivity contribution in [2.45, 2.75) is 13.8 Å². The molecule has 0 saturated carbocycles. The van der Waals surface area contributed by atoms with E-state index >= 15 is 0 Å². The number of aryl methyl sites for hydroxylation is 1. The number of hydrogen-bond acceptors (Lipinski definition) is 2. The molecule has 3 heteroatoms. The van der Waals surface area contributed by atoms with Crippen molar-refractivity contribution in [3.63, 3.8) is 0 Å². The van der Waals surface area contributed by atoms with Gasteiger partial charge in [-0.3, -0.25) is 4.98 Å². The number of fused-ring (bicyclic) bond motifs is 1. The second-order valence-corrected chi connectivity index (χ2v) is 3.40. The summed E-state index contributed by atoms with van der Waals surface area (Å²) >= 11 is 0. The molecule has 2 aromatic rings. The molecule has 0 atom stereocenters. The van der Waals surface area contributed by atoms with Gasteiger partial charge in [0.1, 0.15) is 5.82 Å². The van der Waals surface area contributed by atoms with E-state index in [0.29, 0.717) is 11.1 Å². The topological polar surface area (TPSA) is 38.9 Å². The van der Waals surface area contributed by atoms with Gasteiger partial charge in [-0.05, 0) is 37.6 Å². The van der Waals surface area contributed by atoms with E-state index in [-0.39, 0.29) is 5.82 Å². The molecule has 14 heavy (non-hydrogen) atoms. The quantitative estimate of drug-likeness (QED) is 0.693. The molecule has 0 aliphatic rings. The molecule has 0 radical (unpaired) electrons. The smallest absolute Gasteiger partial charge is 0.124 e. The molecule has 0 fully saturated rings. The third-order valence-corrected chi connectivity index (χ3v) is 2.48. The molecule has 0 bridgehead atoms. The molecule has 0 spiro atoms. The zero-order valence-corrected chi connectivity index (χ0v) is 8.13. The van der Waals surface area contributed by atoms with Gasteiger partial charge < -0.3 is 5.73 Å². The minimum Gasteiger partial charge on any atom is -0.398 e. The van der Waals surface area contributed by atoms with Crippen molar-refractivity contribution < 1.29 is 4.39 Å². The van der Waals surface area contributed by atoms with Gasteiger partial charge in [-0.25, -0.2) is 4.39 Å². The van der Waals surface area contributed by atoms with Gasteiger partial charge in [-0.15, -0.1) is 0 Å². The molecule has 1 heterocycles. The van der Waals surface area contributed by atoms with Gasteiger partial charge in [-0.2, -0.15) is 0 Å². The second-order valence-electron chi connectivity index (χ2n) is 3.40. The highest BCUT2D eigenvalue weighted by Crippen LogP contribution is 2.25. The van der Waals surface area contributed by atoms with Crippen LogP contribution in [0.2, 0.25) is 0 Å². The van der Waals surface area contributed by atoms with Crippen molar-refractivity contribution in [1.82, 2.24) is 4.98 Å². The van der Waals surface area contributed by atoms with Crippen molar-refractivity contribution in [2.75, 3.05) is 5.73 Å². The van der Waals surface area contributed by atoms with E-state index in [2.05, 4.69) is 4.98 Å². The van der Waals surface area contributed by atoms with Crippen LogP contribution in [0, 0.1) is 19.7 Å². The highest BCUT2D eigenvalue weighted by atomic mass is 19.1. The molecule has 72 valence electrons. The summed E-state index contributed by atoms with van der Waals surface area (Å²) in [5, 5.41) is 0.688. The first-order chi connectivity index (χ1) is 6.59. The lowest BCUT2D eigenvalue weighted by Crippen LogP contribution is -1.97. The van der Waals surface area contributed by atoms with Crippen LogP contribution in [-0.4, -0.2) is 4.98 Å². The first-order valence-electron chi connectivity index (χ1n) is 4.41. The van der Waals surface area contributed by atoms with Crippen LogP contribution in [0.5, 0.6) is 0 Å². The third kappa shape index (κ3) is 1.21. The van der Waals surface area contributed by atoms with Crippen molar-refractivity contribution in [3.05, 3.63) is 35.3 Å². The van der Waals surface area contributed by atoms with Gasteiger partial charge in [0.15, 0.2) is 0 Å². The van der Waals surface area contributed by atoms with E-state index in [4.69, 9.17) is 5.73 Å². The predicted molar refractivity (Wildman–Crippen MR) is 55.6 cm³/mol. The molecule has 0 aliphatic carbocycles. The SMILES string of the molecule is Cc1nc2ccc(F)cc2c(N)c1C. The number of nitrogen functional groups attached to an aromatic ring is 1. The number of benzene rings is 1. The summed E-state index contributed by atoms with van der Waals surface area (Å²) in [6.45, 7) is 3.79. The average Bonchev–Trinajstić information content (AvgIpc) is 2.16. The van der Waals surface area contributed by atoms with E-state index in [1.165, 1.54) is 12.1 Å². The first-order valence-corrected chi connectivity index (χ1v) is 4.41. The summed E-state index contributed by atoms with van der Waals surface area (Å²) in [4.78, 5) is 4.33. The van der Waals surface area contributed by atoms with Crippen LogP contribution in [0.1, 0.15) is 11.3 Å². The third-order valence-electron chi connectivity index (χ3n) is 2.48. The van der Waals surface area contributed by atoms with Gasteiger partial charge >= 0.3 is 0 Å². The molecule has 2 nitrogen and oxygen atoms in total. The average molecular weight is 190 g/mol. The van der Waals surface area contributed by atoms with Crippen LogP contribution in [-0.2, 0) is 0 Å². The molecular formula is C11H11FN2. The van der Waals surface area contributed by atoms with E-state index < -0.39 is 0 Å². The lowest BCUT2D eigenvalue weighted by Gasteiger charge is -2.07. The highest BCUT2D eigenvalue weighted by Gasteiger charge is 2.06. The number of rotatable bonds is 0. The molecule has 0 amide bonds. The molecule has 1 aromatic heterocycles. The van der Waals surface area contributed by atoms with E-state index in [1.54, 1.807) is 6.07 Å². The molecule has 2 rings (SSSR count). The maximum Gasteiger partial charge on any atom is 0.124 e. The van der Waals surface area contributed by atoms with Gasteiger partial charge in [0.05, 0.1) is 5.52 Å². The zero-order chi connectivity index (χ0) is 10.3. The predicted octanol–water partition coefficient (Wildman–Crippen LogP) is 2.57. The number of hydrogen-bond donors (Lipinski definition) is 1. The number of nitrogens with zero attached hydrogens (tertiary/aromatic N) is 1. The standard InChI is InChI=1S/C11H11FN2/c1-6-7(2)14-10-4-3-8(12)5-9(10)11(6)13/h3-5H,1-2H3,(H2,13,14). The number of halogens is 1. The molecular weight excluding hydrogens is 179 g/mol. The van der Waals surface area contributed by atoms with E-state index in [0.717, 1.165) is 16.8 Å². The Kier molecular flexibility index (Phi) is 1.88. The minimum atomic E-state index is -0.283. The van der Waals surface area contributed by atoms with Crippen molar-refractivity contribution in [1.29, 1.82) is 0 Å². The summed E-state index contributed by atoms with van der Waals surface area (Å²) in [6.07, 6.45) is 0. The Morgan fingerprint density at radius 2 is 2.00 bits per heavy atom. The largest absolute Gasteiger partial charge is 0.398 e. The van der Waals surface area contributed by atoms with Crippen molar-refractivity contribution in [2.24, 2.45) is 0 Å². The van der Waals surface area contributed by atoms with Crippen LogP contribution in [0.3, 0.4) is 0 Å². The zero-order valence-electron chi connectivity index (χ0n) is 8.13. The Morgan fingerprint density at radius 1 is 1.29 bits per heavy atom. The monoisotopic (exact) mass is 190 g/mol. The summed E-state index contributed by atoms with van der Waals surface area (Å²) < 4.78 is 13.0. The Morgan fingerprint density at radius 3 is 2.71 bits per heavy atom. The Balaban J connectivity index is 2.92. The molecule has 0 aliphatic heterocycles. The van der Waals surface area contributed by atoms with Crippen LogP contribution < -0.4 is 5.73 Å². The number of aromatic nitrogens is 1. The van der Waals surface area contributed by atoms with Gasteiger partial charge in [0, 0.05) is 16.8 Å². The molecule has 2 N–H and O–H groups in total. The van der Waals surface area contributed by atoms with E-state index in [9.17, 15) is 4.39 Å². The van der Waals surface area contributed by atoms with Crippen LogP contribution >= 0.6 is 0 Å². The van der Waals surface area contributed by atoms with Crippen LogP contribution in [0.4, 0.5) is 10.1 Å². The summed E-state index contributed by atoms with van der Waals surface area (Å²) in [5.41, 5.74) is 9.05. The van der Waals surface area contributed by atoms with E-state index in [1.807, 2.05) is 13.8 Å². The van der Waals surface area contributed by atoms with Crippen LogP contribution in [0.15, 0.2) is 18.2 Å². The Hall–Kier alpha value is -1.64. The fourth-order valence-electron chi connectivity index (χ4n) is 1.48. The Labute approximate surface area is 81.6 Å². The molecule has 0 saturated heterocycles. The summed E-state index contributed by atoms with van der Waals surface area (Å²) in [5.74, 6) is -0.283. The Bertz CT molecular complexity index is 506. The maximum atomic E-state index is 13.0. The number of anilines is 1. The number of nitrogens with two attached hydrogens (primary N) is 1. The maximum absolute atomic E-state index is 13.0. The first kappa shape index (κ1) is 8.94. The van der Waals surface area contributed by atoms with Crippen molar-refractivity contribution in [3.8, 4) is 0 Å². The van der Waals surface area contributed by atoms with Crippen molar-refractivity contribution >= 4 is 16.6 Å². The highest BCUT2D eigenvalue weighted by molar-refractivity contribution is 5.91. The lowest BCUT2D eigenvalue weighted by molar-refractivity contribution is 0.629. The van der Waals surface area contributed by atoms with Gasteiger partial charge in [0.25, 0.3) is 0 Å².